The van der Waals surface area contributed by atoms with Gasteiger partial charge in [-0.1, -0.05) is 23.7 Å². The van der Waals surface area contributed by atoms with Crippen LogP contribution in [0.3, 0.4) is 0 Å². The van der Waals surface area contributed by atoms with Crippen LogP contribution in [0.4, 0.5) is 5.69 Å². The number of nitrogens with one attached hydrogen (secondary N) is 1. The van der Waals surface area contributed by atoms with Crippen LogP contribution in [0, 0.1) is 18.3 Å². The van der Waals surface area contributed by atoms with Gasteiger partial charge < -0.3 is 9.73 Å². The van der Waals surface area contributed by atoms with Gasteiger partial charge in [-0.15, -0.1) is 0 Å². The van der Waals surface area contributed by atoms with E-state index in [2.05, 4.69) is 10.3 Å². The highest BCUT2D eigenvalue weighted by molar-refractivity contribution is 7.99. The van der Waals surface area contributed by atoms with Gasteiger partial charge in [0.1, 0.15) is 22.4 Å². The smallest absolute Gasteiger partial charge is 0.266 e. The van der Waals surface area contributed by atoms with Gasteiger partial charge in [-0.3, -0.25) is 4.79 Å². The van der Waals surface area contributed by atoms with Crippen molar-refractivity contribution in [3.05, 3.63) is 76.6 Å². The first-order valence-corrected chi connectivity index (χ1v) is 9.12. The third-order valence-corrected chi connectivity index (χ3v) is 4.80. The summed E-state index contributed by atoms with van der Waals surface area (Å²) in [6.07, 6.45) is 3.09. The molecule has 0 aliphatic heterocycles. The normalized spacial score (nSPS) is 11.1. The lowest BCUT2D eigenvalue weighted by molar-refractivity contribution is -0.112. The maximum Gasteiger partial charge on any atom is 0.266 e. The molecule has 27 heavy (non-hydrogen) atoms. The van der Waals surface area contributed by atoms with Gasteiger partial charge in [0, 0.05) is 23.0 Å². The van der Waals surface area contributed by atoms with Crippen molar-refractivity contribution < 1.29 is 9.21 Å². The molecule has 0 fully saturated rings. The molecule has 0 aliphatic carbocycles. The van der Waals surface area contributed by atoms with Gasteiger partial charge >= 0.3 is 0 Å². The third kappa shape index (κ3) is 5.00. The monoisotopic (exact) mass is 395 g/mol. The first kappa shape index (κ1) is 18.8. The van der Waals surface area contributed by atoms with Crippen LogP contribution in [0.5, 0.6) is 0 Å². The largest absolute Gasteiger partial charge is 0.450 e. The molecule has 1 N–H and O–H groups in total. The van der Waals surface area contributed by atoms with Crippen LogP contribution in [0.2, 0.25) is 5.02 Å². The van der Waals surface area contributed by atoms with Crippen molar-refractivity contribution >= 4 is 41.0 Å². The number of aryl methyl sites for hydroxylation is 1. The van der Waals surface area contributed by atoms with Crippen LogP contribution in [0.25, 0.3) is 6.08 Å². The van der Waals surface area contributed by atoms with Gasteiger partial charge in [-0.25, -0.2) is 4.98 Å². The predicted octanol–water partition coefficient (Wildman–Crippen LogP) is 5.33. The van der Waals surface area contributed by atoms with E-state index >= 15 is 0 Å². The molecule has 3 aromatic rings. The van der Waals surface area contributed by atoms with Gasteiger partial charge in [0.2, 0.25) is 0 Å². The molecule has 1 amide bonds. The van der Waals surface area contributed by atoms with Crippen LogP contribution >= 0.6 is 23.4 Å². The minimum absolute atomic E-state index is 0.0737. The van der Waals surface area contributed by atoms with Crippen molar-refractivity contribution in [2.45, 2.75) is 17.0 Å². The van der Waals surface area contributed by atoms with Gasteiger partial charge in [0.25, 0.3) is 5.91 Å². The van der Waals surface area contributed by atoms with Crippen molar-refractivity contribution in [2.75, 3.05) is 5.32 Å². The zero-order valence-electron chi connectivity index (χ0n) is 14.3. The van der Waals surface area contributed by atoms with Crippen molar-refractivity contribution in [1.29, 1.82) is 5.26 Å². The topological polar surface area (TPSA) is 78.9 Å². The summed E-state index contributed by atoms with van der Waals surface area (Å²) in [6.45, 7) is 1.87. The number of halogens is 1. The lowest BCUT2D eigenvalue weighted by atomic mass is 10.2. The Labute approximate surface area is 165 Å². The molecule has 0 saturated carbocycles. The number of furan rings is 1. The Bertz CT molecular complexity index is 1040. The minimum atomic E-state index is -0.534. The van der Waals surface area contributed by atoms with Gasteiger partial charge in [-0.2, -0.15) is 5.26 Å². The van der Waals surface area contributed by atoms with E-state index in [0.29, 0.717) is 21.6 Å². The number of hydrogen-bond acceptors (Lipinski definition) is 5. The molecule has 2 heterocycles. The Hall–Kier alpha value is -3.01. The summed E-state index contributed by atoms with van der Waals surface area (Å²) >= 11 is 7.41. The molecule has 1 aromatic carbocycles. The van der Waals surface area contributed by atoms with Crippen LogP contribution in [0.1, 0.15) is 11.3 Å². The molecule has 3 rings (SSSR count). The fourth-order valence-corrected chi connectivity index (χ4v) is 3.06. The molecule has 0 aliphatic rings. The number of amides is 1. The average molecular weight is 396 g/mol. The highest BCUT2D eigenvalue weighted by atomic mass is 35.5. The quantitative estimate of drug-likeness (QED) is 0.466. The summed E-state index contributed by atoms with van der Waals surface area (Å²) in [6, 6.07) is 16.1. The Morgan fingerprint density at radius 2 is 2.15 bits per heavy atom. The summed E-state index contributed by atoms with van der Waals surface area (Å²) in [4.78, 5) is 16.5. The lowest BCUT2D eigenvalue weighted by Gasteiger charge is -2.06. The second kappa shape index (κ2) is 8.58. The van der Waals surface area contributed by atoms with Gasteiger partial charge in [0.15, 0.2) is 5.09 Å². The predicted molar refractivity (Wildman–Crippen MR) is 105 cm³/mol. The fraction of sp³-hybridized carbons (Fsp3) is 0.0500. The molecule has 0 radical (unpaired) electrons. The summed E-state index contributed by atoms with van der Waals surface area (Å²) in [5, 5.41) is 13.9. The Morgan fingerprint density at radius 1 is 1.30 bits per heavy atom. The molecule has 0 atom stereocenters. The van der Waals surface area contributed by atoms with Crippen molar-refractivity contribution in [1.82, 2.24) is 4.98 Å². The van der Waals surface area contributed by atoms with E-state index < -0.39 is 5.91 Å². The van der Waals surface area contributed by atoms with Crippen LogP contribution in [-0.2, 0) is 4.79 Å². The highest BCUT2D eigenvalue weighted by Crippen LogP contribution is 2.28. The number of anilines is 1. The van der Waals surface area contributed by atoms with E-state index in [0.717, 1.165) is 10.6 Å². The molecule has 0 spiro atoms. The second-order valence-electron chi connectivity index (χ2n) is 5.51. The number of pyridine rings is 1. The third-order valence-electron chi connectivity index (χ3n) is 3.53. The van der Waals surface area contributed by atoms with E-state index in [4.69, 9.17) is 16.0 Å². The zero-order valence-corrected chi connectivity index (χ0v) is 15.8. The standard InChI is InChI=1S/C20H14ClN3O2S/c1-13-5-6-15(11-17(13)21)24-20(25)14(12-22)10-16-7-8-19(26-16)27-18-4-2-3-9-23-18/h2-11H,1H3,(H,24,25)/b14-10+. The van der Waals surface area contributed by atoms with Crippen LogP contribution in [-0.4, -0.2) is 10.9 Å². The lowest BCUT2D eigenvalue weighted by Crippen LogP contribution is -2.13. The summed E-state index contributed by atoms with van der Waals surface area (Å²) in [5.74, 6) is -0.130. The molecule has 134 valence electrons. The SMILES string of the molecule is Cc1ccc(NC(=O)/C(C#N)=C/c2ccc(Sc3ccccn3)o2)cc1Cl. The molecule has 0 unspecified atom stereocenters. The highest BCUT2D eigenvalue weighted by Gasteiger charge is 2.12. The van der Waals surface area contributed by atoms with E-state index in [1.807, 2.05) is 31.2 Å². The Morgan fingerprint density at radius 3 is 2.85 bits per heavy atom. The molecule has 0 bridgehead atoms. The van der Waals surface area contributed by atoms with Gasteiger partial charge in [0.05, 0.1) is 0 Å². The van der Waals surface area contributed by atoms with E-state index in [1.165, 1.54) is 17.8 Å². The Kier molecular flexibility index (Phi) is 5.97. The first-order chi connectivity index (χ1) is 13.0. The van der Waals surface area contributed by atoms with Crippen molar-refractivity contribution in [3.8, 4) is 6.07 Å². The maximum absolute atomic E-state index is 12.3. The maximum atomic E-state index is 12.3. The molecule has 5 nitrogen and oxygen atoms in total. The molecule has 7 heteroatoms. The first-order valence-electron chi connectivity index (χ1n) is 7.93. The summed E-state index contributed by atoms with van der Waals surface area (Å²) < 4.78 is 5.65. The van der Waals surface area contributed by atoms with Crippen molar-refractivity contribution in [3.63, 3.8) is 0 Å². The van der Waals surface area contributed by atoms with Gasteiger partial charge in [-0.05, 0) is 60.6 Å². The second-order valence-corrected chi connectivity index (χ2v) is 6.95. The number of nitriles is 1. The van der Waals surface area contributed by atoms with E-state index in [1.54, 1.807) is 36.5 Å². The van der Waals surface area contributed by atoms with E-state index in [9.17, 15) is 10.1 Å². The minimum Gasteiger partial charge on any atom is -0.450 e. The number of carbonyl (C=O) groups excluding carboxylic acids is 1. The summed E-state index contributed by atoms with van der Waals surface area (Å²) in [5.41, 5.74) is 1.34. The molecule has 2 aromatic heterocycles. The number of aromatic nitrogens is 1. The number of rotatable bonds is 5. The molecule has 0 saturated heterocycles. The zero-order chi connectivity index (χ0) is 19.2. The summed E-state index contributed by atoms with van der Waals surface area (Å²) in [7, 11) is 0. The number of carbonyl (C=O) groups is 1. The molecular formula is C20H14ClN3O2S. The molecular weight excluding hydrogens is 382 g/mol. The average Bonchev–Trinajstić information content (AvgIpc) is 3.10. The van der Waals surface area contributed by atoms with Crippen LogP contribution in [0.15, 0.2) is 74.8 Å². The van der Waals surface area contributed by atoms with Crippen molar-refractivity contribution in [2.24, 2.45) is 0 Å². The fourth-order valence-electron chi connectivity index (χ4n) is 2.14. The van der Waals surface area contributed by atoms with E-state index in [-0.39, 0.29) is 5.57 Å². The Balaban J connectivity index is 1.73. The van der Waals surface area contributed by atoms with Crippen LogP contribution < -0.4 is 5.32 Å². The number of hydrogen-bond donors (Lipinski definition) is 1. The number of benzene rings is 1. The number of nitrogens with zero attached hydrogens (tertiary/aromatic N) is 2.